The molecule has 1 N–H and O–H groups in total. The van der Waals surface area contributed by atoms with Gasteiger partial charge in [-0.05, 0) is 56.0 Å². The van der Waals surface area contributed by atoms with Crippen molar-refractivity contribution in [3.05, 3.63) is 29.8 Å². The van der Waals surface area contributed by atoms with Crippen LogP contribution in [0.1, 0.15) is 32.3 Å². The van der Waals surface area contributed by atoms with Crippen LogP contribution in [0.3, 0.4) is 0 Å². The van der Waals surface area contributed by atoms with E-state index in [1.807, 2.05) is 0 Å². The standard InChI is InChI=1S/C15H23NO/c1-3-16-11-12(2)10-13-4-6-14(7-5-13)17-15-8-9-15/h4-7,12,15-16H,3,8-11H2,1-2H3. The smallest absolute Gasteiger partial charge is 0.119 e. The maximum Gasteiger partial charge on any atom is 0.119 e. The molecule has 2 rings (SSSR count). The van der Waals surface area contributed by atoms with Crippen LogP contribution in [-0.2, 0) is 6.42 Å². The lowest BCUT2D eigenvalue weighted by Gasteiger charge is -2.12. The van der Waals surface area contributed by atoms with E-state index in [1.54, 1.807) is 0 Å². The van der Waals surface area contributed by atoms with Crippen molar-refractivity contribution < 1.29 is 4.74 Å². The molecule has 0 amide bonds. The van der Waals surface area contributed by atoms with Crippen LogP contribution in [0.2, 0.25) is 0 Å². The Kier molecular flexibility index (Phi) is 4.43. The minimum Gasteiger partial charge on any atom is -0.490 e. The Bertz CT molecular complexity index is 329. The number of rotatable bonds is 7. The van der Waals surface area contributed by atoms with Gasteiger partial charge in [-0.15, -0.1) is 0 Å². The number of benzene rings is 1. The van der Waals surface area contributed by atoms with Gasteiger partial charge in [-0.2, -0.15) is 0 Å². The summed E-state index contributed by atoms with van der Waals surface area (Å²) in [6.07, 6.45) is 4.08. The van der Waals surface area contributed by atoms with E-state index in [2.05, 4.69) is 43.4 Å². The zero-order valence-electron chi connectivity index (χ0n) is 10.9. The van der Waals surface area contributed by atoms with Crippen LogP contribution in [0, 0.1) is 5.92 Å². The molecule has 1 aliphatic carbocycles. The summed E-state index contributed by atoms with van der Waals surface area (Å²) in [6, 6.07) is 8.60. The molecule has 1 saturated carbocycles. The van der Waals surface area contributed by atoms with Crippen molar-refractivity contribution in [3.8, 4) is 5.75 Å². The number of hydrogen-bond donors (Lipinski definition) is 1. The molecule has 1 aromatic carbocycles. The number of ether oxygens (including phenoxy) is 1. The fourth-order valence-electron chi connectivity index (χ4n) is 1.95. The molecule has 0 heterocycles. The van der Waals surface area contributed by atoms with E-state index in [0.717, 1.165) is 25.3 Å². The maximum absolute atomic E-state index is 5.74. The highest BCUT2D eigenvalue weighted by Gasteiger charge is 2.23. The quantitative estimate of drug-likeness (QED) is 0.781. The minimum absolute atomic E-state index is 0.494. The first-order valence-electron chi connectivity index (χ1n) is 6.74. The fourth-order valence-corrected chi connectivity index (χ4v) is 1.95. The van der Waals surface area contributed by atoms with Gasteiger partial charge in [0.25, 0.3) is 0 Å². The van der Waals surface area contributed by atoms with Crippen molar-refractivity contribution in [3.63, 3.8) is 0 Å². The van der Waals surface area contributed by atoms with Gasteiger partial charge in [-0.3, -0.25) is 0 Å². The average Bonchev–Trinajstić information content (AvgIpc) is 3.13. The maximum atomic E-state index is 5.74. The molecule has 0 bridgehead atoms. The lowest BCUT2D eigenvalue weighted by atomic mass is 10.0. The third-order valence-electron chi connectivity index (χ3n) is 3.08. The number of nitrogens with one attached hydrogen (secondary N) is 1. The van der Waals surface area contributed by atoms with E-state index in [1.165, 1.54) is 18.4 Å². The summed E-state index contributed by atoms with van der Waals surface area (Å²) in [6.45, 7) is 6.59. The summed E-state index contributed by atoms with van der Waals surface area (Å²) in [5.74, 6) is 1.71. The van der Waals surface area contributed by atoms with Gasteiger partial charge in [0.1, 0.15) is 5.75 Å². The van der Waals surface area contributed by atoms with Crippen LogP contribution in [0.25, 0.3) is 0 Å². The van der Waals surface area contributed by atoms with Gasteiger partial charge >= 0.3 is 0 Å². The van der Waals surface area contributed by atoms with Gasteiger partial charge in [0, 0.05) is 0 Å². The number of hydrogen-bond acceptors (Lipinski definition) is 2. The minimum atomic E-state index is 0.494. The molecule has 94 valence electrons. The van der Waals surface area contributed by atoms with E-state index >= 15 is 0 Å². The zero-order chi connectivity index (χ0) is 12.1. The first kappa shape index (κ1) is 12.4. The zero-order valence-corrected chi connectivity index (χ0v) is 10.9. The van der Waals surface area contributed by atoms with Crippen molar-refractivity contribution in [2.45, 2.75) is 39.2 Å². The normalized spacial score (nSPS) is 16.8. The molecule has 2 heteroatoms. The van der Waals surface area contributed by atoms with Crippen molar-refractivity contribution in [1.29, 1.82) is 0 Å². The van der Waals surface area contributed by atoms with Crippen LogP contribution < -0.4 is 10.1 Å². The van der Waals surface area contributed by atoms with Gasteiger partial charge < -0.3 is 10.1 Å². The Morgan fingerprint density at radius 3 is 2.59 bits per heavy atom. The first-order chi connectivity index (χ1) is 8.28. The monoisotopic (exact) mass is 233 g/mol. The van der Waals surface area contributed by atoms with Gasteiger partial charge in [-0.1, -0.05) is 26.0 Å². The van der Waals surface area contributed by atoms with Crippen molar-refractivity contribution in [1.82, 2.24) is 5.32 Å². The third kappa shape index (κ3) is 4.39. The second-order valence-corrected chi connectivity index (χ2v) is 5.08. The molecular weight excluding hydrogens is 210 g/mol. The van der Waals surface area contributed by atoms with Crippen molar-refractivity contribution in [2.75, 3.05) is 13.1 Å². The molecule has 1 aromatic rings. The van der Waals surface area contributed by atoms with E-state index < -0.39 is 0 Å². The largest absolute Gasteiger partial charge is 0.490 e. The topological polar surface area (TPSA) is 21.3 Å². The van der Waals surface area contributed by atoms with Crippen LogP contribution >= 0.6 is 0 Å². The van der Waals surface area contributed by atoms with Crippen LogP contribution in [-0.4, -0.2) is 19.2 Å². The first-order valence-corrected chi connectivity index (χ1v) is 6.74. The van der Waals surface area contributed by atoms with Crippen LogP contribution in [0.5, 0.6) is 5.75 Å². The van der Waals surface area contributed by atoms with E-state index in [4.69, 9.17) is 4.74 Å². The second-order valence-electron chi connectivity index (χ2n) is 5.08. The molecule has 0 aliphatic heterocycles. The Hall–Kier alpha value is -1.02. The van der Waals surface area contributed by atoms with E-state index in [9.17, 15) is 0 Å². The van der Waals surface area contributed by atoms with Crippen LogP contribution in [0.4, 0.5) is 0 Å². The average molecular weight is 233 g/mol. The predicted molar refractivity (Wildman–Crippen MR) is 71.5 cm³/mol. The van der Waals surface area contributed by atoms with Crippen molar-refractivity contribution >= 4 is 0 Å². The summed E-state index contributed by atoms with van der Waals surface area (Å²) >= 11 is 0. The van der Waals surface area contributed by atoms with E-state index in [-0.39, 0.29) is 0 Å². The lowest BCUT2D eigenvalue weighted by molar-refractivity contribution is 0.303. The molecule has 0 spiro atoms. The molecule has 0 radical (unpaired) electrons. The predicted octanol–water partition coefficient (Wildman–Crippen LogP) is 3.02. The Balaban J connectivity index is 1.79. The van der Waals surface area contributed by atoms with Gasteiger partial charge in [0.2, 0.25) is 0 Å². The summed E-state index contributed by atoms with van der Waals surface area (Å²) in [4.78, 5) is 0. The molecule has 1 aliphatic rings. The van der Waals surface area contributed by atoms with Crippen LogP contribution in [0.15, 0.2) is 24.3 Å². The summed E-state index contributed by atoms with van der Waals surface area (Å²) in [5, 5.41) is 3.39. The van der Waals surface area contributed by atoms with Gasteiger partial charge in [0.15, 0.2) is 0 Å². The molecule has 1 unspecified atom stereocenters. The highest BCUT2D eigenvalue weighted by molar-refractivity contribution is 5.28. The molecule has 1 fully saturated rings. The van der Waals surface area contributed by atoms with Gasteiger partial charge in [0.05, 0.1) is 6.10 Å². The second kappa shape index (κ2) is 6.06. The Labute approximate surface area is 104 Å². The third-order valence-corrected chi connectivity index (χ3v) is 3.08. The SMILES string of the molecule is CCNCC(C)Cc1ccc(OC2CC2)cc1. The lowest BCUT2D eigenvalue weighted by Crippen LogP contribution is -2.21. The molecule has 1 atom stereocenters. The Morgan fingerprint density at radius 2 is 2.00 bits per heavy atom. The van der Waals surface area contributed by atoms with Crippen molar-refractivity contribution in [2.24, 2.45) is 5.92 Å². The Morgan fingerprint density at radius 1 is 1.29 bits per heavy atom. The summed E-state index contributed by atoms with van der Waals surface area (Å²) in [5.41, 5.74) is 1.40. The molecular formula is C15H23NO. The highest BCUT2D eigenvalue weighted by atomic mass is 16.5. The molecule has 17 heavy (non-hydrogen) atoms. The summed E-state index contributed by atoms with van der Waals surface area (Å²) < 4.78 is 5.74. The van der Waals surface area contributed by atoms with Gasteiger partial charge in [-0.25, -0.2) is 0 Å². The molecule has 0 aromatic heterocycles. The highest BCUT2D eigenvalue weighted by Crippen LogP contribution is 2.26. The molecule has 2 nitrogen and oxygen atoms in total. The summed E-state index contributed by atoms with van der Waals surface area (Å²) in [7, 11) is 0. The molecule has 0 saturated heterocycles. The van der Waals surface area contributed by atoms with E-state index in [0.29, 0.717) is 12.0 Å². The fraction of sp³-hybridized carbons (Fsp3) is 0.600.